The molecular weight excluding hydrogens is 631 g/mol. The lowest BCUT2D eigenvalue weighted by Gasteiger charge is -2.33. The van der Waals surface area contributed by atoms with Crippen LogP contribution in [-0.2, 0) is 11.8 Å². The molecule has 2 atom stereocenters. The van der Waals surface area contributed by atoms with Crippen molar-refractivity contribution in [3.8, 4) is 28.3 Å². The van der Waals surface area contributed by atoms with Crippen molar-refractivity contribution in [1.82, 2.24) is 14.5 Å². The topological polar surface area (TPSA) is 30.7 Å². The molecule has 4 aliphatic rings. The van der Waals surface area contributed by atoms with Gasteiger partial charge in [-0.05, 0) is 75.6 Å². The quantitative estimate of drug-likeness (QED) is 0.188. The van der Waals surface area contributed by atoms with Crippen molar-refractivity contribution in [3.63, 3.8) is 0 Å². The van der Waals surface area contributed by atoms with Crippen molar-refractivity contribution < 1.29 is 0 Å². The van der Waals surface area contributed by atoms with Gasteiger partial charge in [0.2, 0.25) is 5.95 Å². The monoisotopic (exact) mass is 667 g/mol. The highest BCUT2D eigenvalue weighted by Crippen LogP contribution is 2.55. The molecule has 5 aromatic carbocycles. The van der Waals surface area contributed by atoms with Crippen molar-refractivity contribution in [2.45, 2.75) is 38.0 Å². The minimum atomic E-state index is -0.00415. The van der Waals surface area contributed by atoms with Crippen LogP contribution in [0.5, 0.6) is 0 Å². The number of fused-ring (bicyclic) bond motifs is 11. The second kappa shape index (κ2) is 11.0. The predicted molar refractivity (Wildman–Crippen MR) is 215 cm³/mol. The molecule has 0 bridgehead atoms. The molecule has 0 spiro atoms. The number of aromatic nitrogens is 3. The van der Waals surface area contributed by atoms with Crippen molar-refractivity contribution in [2.75, 3.05) is 0 Å². The van der Waals surface area contributed by atoms with Gasteiger partial charge >= 0.3 is 0 Å². The Morgan fingerprint density at radius 1 is 0.712 bits per heavy atom. The van der Waals surface area contributed by atoms with E-state index in [-0.39, 0.29) is 11.3 Å². The fourth-order valence-corrected chi connectivity index (χ4v) is 9.51. The number of nitrogens with zero attached hydrogens (tertiary/aromatic N) is 3. The summed E-state index contributed by atoms with van der Waals surface area (Å²) in [6.45, 7) is 4.76. The van der Waals surface area contributed by atoms with Crippen LogP contribution in [0.1, 0.15) is 59.7 Å². The van der Waals surface area contributed by atoms with Crippen molar-refractivity contribution in [3.05, 3.63) is 179 Å². The van der Waals surface area contributed by atoms with E-state index in [0.29, 0.717) is 11.9 Å². The Labute approximate surface area is 304 Å². The Balaban J connectivity index is 1.17. The lowest BCUT2D eigenvalue weighted by atomic mass is 9.70. The van der Waals surface area contributed by atoms with Gasteiger partial charge in [0.25, 0.3) is 0 Å². The molecule has 2 heterocycles. The molecule has 52 heavy (non-hydrogen) atoms. The third kappa shape index (κ3) is 4.20. The van der Waals surface area contributed by atoms with Gasteiger partial charge in [0.15, 0.2) is 0 Å². The molecule has 0 saturated carbocycles. The third-order valence-electron chi connectivity index (χ3n) is 12.0. The number of aryl methyl sites for hydroxylation is 1. The van der Waals surface area contributed by atoms with E-state index >= 15 is 0 Å². The van der Waals surface area contributed by atoms with Gasteiger partial charge in [-0.2, -0.15) is 0 Å². The van der Waals surface area contributed by atoms with E-state index in [0.717, 1.165) is 40.6 Å². The van der Waals surface area contributed by atoms with E-state index in [4.69, 9.17) is 9.97 Å². The highest BCUT2D eigenvalue weighted by Gasteiger charge is 2.42. The van der Waals surface area contributed by atoms with Crippen LogP contribution in [0, 0.1) is 5.92 Å². The molecule has 3 nitrogen and oxygen atoms in total. The van der Waals surface area contributed by atoms with Crippen LogP contribution in [0.4, 0.5) is 0 Å². The van der Waals surface area contributed by atoms with Crippen molar-refractivity contribution in [2.24, 2.45) is 5.92 Å². The molecule has 0 amide bonds. The Bertz CT molecular complexity index is 2760. The molecule has 248 valence electrons. The zero-order chi connectivity index (χ0) is 34.6. The maximum atomic E-state index is 5.46. The first-order chi connectivity index (χ1) is 25.5. The Morgan fingerprint density at radius 2 is 1.48 bits per heavy atom. The predicted octanol–water partition coefficient (Wildman–Crippen LogP) is 11.9. The first-order valence-electron chi connectivity index (χ1n) is 18.6. The van der Waals surface area contributed by atoms with E-state index in [2.05, 4.69) is 170 Å². The van der Waals surface area contributed by atoms with E-state index in [1.165, 1.54) is 61.1 Å². The second-order valence-electron chi connectivity index (χ2n) is 15.2. The number of hydrogen-bond acceptors (Lipinski definition) is 2. The molecule has 7 aromatic rings. The Morgan fingerprint density at radius 3 is 2.33 bits per heavy atom. The maximum Gasteiger partial charge on any atom is 0.235 e. The summed E-state index contributed by atoms with van der Waals surface area (Å²) in [7, 11) is 0. The first-order valence-corrected chi connectivity index (χ1v) is 18.6. The normalized spacial score (nSPS) is 19.0. The minimum Gasteiger partial charge on any atom is -0.278 e. The van der Waals surface area contributed by atoms with Crippen LogP contribution in [0.3, 0.4) is 0 Å². The van der Waals surface area contributed by atoms with Crippen LogP contribution in [0.2, 0.25) is 0 Å². The zero-order valence-electron chi connectivity index (χ0n) is 29.3. The lowest BCUT2D eigenvalue weighted by molar-refractivity contribution is 0.625. The molecule has 4 aliphatic carbocycles. The molecule has 11 rings (SSSR count). The summed E-state index contributed by atoms with van der Waals surface area (Å²) in [6.07, 6.45) is 16.6. The van der Waals surface area contributed by atoms with Gasteiger partial charge in [-0.3, -0.25) is 4.57 Å². The molecule has 2 unspecified atom stereocenters. The van der Waals surface area contributed by atoms with Crippen LogP contribution in [-0.4, -0.2) is 14.5 Å². The summed E-state index contributed by atoms with van der Waals surface area (Å²) in [5.74, 6) is 1.29. The van der Waals surface area contributed by atoms with Gasteiger partial charge in [0.05, 0.1) is 22.4 Å². The summed E-state index contributed by atoms with van der Waals surface area (Å²) >= 11 is 0. The molecule has 0 saturated heterocycles. The van der Waals surface area contributed by atoms with Gasteiger partial charge in [-0.25, -0.2) is 9.97 Å². The number of benzene rings is 5. The van der Waals surface area contributed by atoms with E-state index < -0.39 is 0 Å². The van der Waals surface area contributed by atoms with Gasteiger partial charge in [0, 0.05) is 39.2 Å². The fraction of sp³-hybridized carbons (Fsp3) is 0.143. The fourth-order valence-electron chi connectivity index (χ4n) is 9.51. The molecule has 0 fully saturated rings. The number of hydrogen-bond donors (Lipinski definition) is 0. The second-order valence-corrected chi connectivity index (χ2v) is 15.2. The smallest absolute Gasteiger partial charge is 0.235 e. The highest BCUT2D eigenvalue weighted by atomic mass is 15.2. The SMILES string of the molecule is CC1(C)C2=CC3C=Cc4c(ccc5c6c(n(-c7nc(-c8ccccc8)c8ccc(-c9ccccc9)cc8n7)c45)C=CCC6)C3C=C2c2ccccc21. The van der Waals surface area contributed by atoms with Crippen LogP contribution in [0.15, 0.2) is 145 Å². The first kappa shape index (κ1) is 29.6. The third-order valence-corrected chi connectivity index (χ3v) is 12.0. The number of rotatable bonds is 3. The molecule has 2 aromatic heterocycles. The molecule has 0 N–H and O–H groups in total. The molecule has 0 radical (unpaired) electrons. The summed E-state index contributed by atoms with van der Waals surface area (Å²) < 4.78 is 2.37. The van der Waals surface area contributed by atoms with Crippen LogP contribution < -0.4 is 0 Å². The van der Waals surface area contributed by atoms with E-state index in [1.807, 2.05) is 0 Å². The minimum absolute atomic E-state index is 0.00415. The summed E-state index contributed by atoms with van der Waals surface area (Å²) in [5.41, 5.74) is 17.4. The average molecular weight is 668 g/mol. The van der Waals surface area contributed by atoms with Gasteiger partial charge < -0.3 is 0 Å². The maximum absolute atomic E-state index is 5.46. The Hall–Kier alpha value is -6.06. The standard InChI is InChI=1S/C49H37N3/c1-49(2)42-19-11-9-17-35(42)41-29-40-33(27-43(41)49)22-23-37-34(40)25-26-38-36-18-10-12-20-45(36)52(47(37)38)48-50-44-28-32(30-13-5-3-6-14-30)21-24-39(44)46(51-48)31-15-7-4-8-16-31/h3-9,11-17,19-29,33,40H,10,18H2,1-2H3. The zero-order valence-corrected chi connectivity index (χ0v) is 29.3. The van der Waals surface area contributed by atoms with Gasteiger partial charge in [0.1, 0.15) is 0 Å². The molecule has 0 aliphatic heterocycles. The molecule has 3 heteroatoms. The van der Waals surface area contributed by atoms with Gasteiger partial charge in [-0.15, -0.1) is 0 Å². The molecular formula is C49H37N3. The van der Waals surface area contributed by atoms with Crippen molar-refractivity contribution >= 4 is 39.5 Å². The van der Waals surface area contributed by atoms with Gasteiger partial charge in [-0.1, -0.05) is 147 Å². The average Bonchev–Trinajstić information content (AvgIpc) is 3.65. The van der Waals surface area contributed by atoms with Crippen molar-refractivity contribution in [1.29, 1.82) is 0 Å². The van der Waals surface area contributed by atoms with E-state index in [1.54, 1.807) is 0 Å². The number of allylic oxidation sites excluding steroid dienone is 6. The largest absolute Gasteiger partial charge is 0.278 e. The Kier molecular flexibility index (Phi) is 6.25. The van der Waals surface area contributed by atoms with Crippen LogP contribution in [0.25, 0.3) is 67.9 Å². The summed E-state index contributed by atoms with van der Waals surface area (Å²) in [6, 6.07) is 41.6. The summed E-state index contributed by atoms with van der Waals surface area (Å²) in [5, 5.41) is 2.35. The lowest BCUT2D eigenvalue weighted by Crippen LogP contribution is -2.21. The van der Waals surface area contributed by atoms with Crippen LogP contribution >= 0.6 is 0 Å². The summed E-state index contributed by atoms with van der Waals surface area (Å²) in [4.78, 5) is 10.9. The highest BCUT2D eigenvalue weighted by molar-refractivity contribution is 6.00. The van der Waals surface area contributed by atoms with E-state index in [9.17, 15) is 0 Å².